The average molecular weight is 258 g/mol. The van der Waals surface area contributed by atoms with E-state index < -0.39 is 4.92 Å². The Balaban J connectivity index is 2.58. The normalized spacial score (nSPS) is 12.4. The van der Waals surface area contributed by atoms with Crippen molar-refractivity contribution in [2.24, 2.45) is 7.05 Å². The molecule has 17 heavy (non-hydrogen) atoms. The first-order valence-corrected chi connectivity index (χ1v) is 6.72. The minimum absolute atomic E-state index is 0.0301. The molecule has 0 spiro atoms. The Morgan fingerprint density at radius 1 is 1.71 bits per heavy atom. The zero-order chi connectivity index (χ0) is 12.8. The van der Waals surface area contributed by atoms with Crippen LogP contribution in [-0.2, 0) is 7.05 Å². The minimum Gasteiger partial charge on any atom is -0.360 e. The number of thioether (sulfide) groups is 1. The highest BCUT2D eigenvalue weighted by atomic mass is 32.2. The first-order chi connectivity index (χ1) is 8.04. The fourth-order valence-corrected chi connectivity index (χ4v) is 2.23. The van der Waals surface area contributed by atoms with Crippen molar-refractivity contribution < 1.29 is 4.92 Å². The van der Waals surface area contributed by atoms with Crippen LogP contribution in [0.25, 0.3) is 0 Å². The predicted octanol–water partition coefficient (Wildman–Crippen LogP) is 2.27. The van der Waals surface area contributed by atoms with Gasteiger partial charge in [0, 0.05) is 13.1 Å². The van der Waals surface area contributed by atoms with E-state index >= 15 is 0 Å². The number of hydrogen-bond donors (Lipinski definition) is 1. The van der Waals surface area contributed by atoms with E-state index in [0.717, 1.165) is 17.9 Å². The van der Waals surface area contributed by atoms with E-state index in [1.54, 1.807) is 7.05 Å². The molecule has 1 unspecified atom stereocenters. The number of nitrogens with one attached hydrogen (secondary N) is 1. The molecule has 1 rings (SSSR count). The van der Waals surface area contributed by atoms with Crippen molar-refractivity contribution >= 4 is 23.3 Å². The van der Waals surface area contributed by atoms with E-state index in [0.29, 0.717) is 5.82 Å². The molecule has 0 amide bonds. The van der Waals surface area contributed by atoms with Crippen molar-refractivity contribution in [2.45, 2.75) is 26.3 Å². The van der Waals surface area contributed by atoms with E-state index in [2.05, 4.69) is 17.3 Å². The fraction of sp³-hybridized carbons (Fsp3) is 0.700. The summed E-state index contributed by atoms with van der Waals surface area (Å²) in [5.41, 5.74) is 0.0301. The third kappa shape index (κ3) is 4.26. The van der Waals surface area contributed by atoms with Gasteiger partial charge < -0.3 is 5.32 Å². The molecule has 0 aliphatic carbocycles. The molecule has 0 bridgehead atoms. The second kappa shape index (κ2) is 6.48. The van der Waals surface area contributed by atoms with Gasteiger partial charge in [0.2, 0.25) is 5.82 Å². The molecule has 1 aromatic rings. The lowest BCUT2D eigenvalue weighted by Gasteiger charge is -2.11. The number of aromatic nitrogens is 2. The SMILES string of the molecule is CCSCCC(C)Nc1nn(C)cc1[N+](=O)[O-]. The van der Waals surface area contributed by atoms with Crippen LogP contribution in [0.5, 0.6) is 0 Å². The zero-order valence-electron chi connectivity index (χ0n) is 10.3. The molecule has 0 saturated carbocycles. The molecule has 1 atom stereocenters. The number of nitrogens with zero attached hydrogens (tertiary/aromatic N) is 3. The number of aryl methyl sites for hydroxylation is 1. The van der Waals surface area contributed by atoms with Gasteiger partial charge in [0.05, 0.1) is 4.92 Å². The lowest BCUT2D eigenvalue weighted by molar-refractivity contribution is -0.384. The van der Waals surface area contributed by atoms with Gasteiger partial charge in [-0.1, -0.05) is 6.92 Å². The summed E-state index contributed by atoms with van der Waals surface area (Å²) in [5, 5.41) is 17.9. The molecule has 0 fully saturated rings. The largest absolute Gasteiger partial charge is 0.360 e. The monoisotopic (exact) mass is 258 g/mol. The maximum atomic E-state index is 10.8. The highest BCUT2D eigenvalue weighted by Crippen LogP contribution is 2.22. The Kier molecular flexibility index (Phi) is 5.27. The van der Waals surface area contributed by atoms with E-state index in [4.69, 9.17) is 0 Å². The van der Waals surface area contributed by atoms with Gasteiger partial charge in [-0.15, -0.1) is 5.10 Å². The Labute approximate surface area is 105 Å². The van der Waals surface area contributed by atoms with Crippen LogP contribution >= 0.6 is 11.8 Å². The van der Waals surface area contributed by atoms with Crippen LogP contribution in [0.3, 0.4) is 0 Å². The van der Waals surface area contributed by atoms with E-state index in [9.17, 15) is 10.1 Å². The van der Waals surface area contributed by atoms with Crippen LogP contribution < -0.4 is 5.32 Å². The number of nitro groups is 1. The summed E-state index contributed by atoms with van der Waals surface area (Å²) in [6, 6.07) is 0.183. The summed E-state index contributed by atoms with van der Waals surface area (Å²) in [6.07, 6.45) is 2.38. The Bertz CT molecular complexity index is 380. The molecule has 1 aromatic heterocycles. The van der Waals surface area contributed by atoms with Crippen LogP contribution in [0, 0.1) is 10.1 Å². The van der Waals surface area contributed by atoms with Gasteiger partial charge >= 0.3 is 5.69 Å². The zero-order valence-corrected chi connectivity index (χ0v) is 11.2. The van der Waals surface area contributed by atoms with Crippen LogP contribution in [-0.4, -0.2) is 32.3 Å². The molecule has 1 N–H and O–H groups in total. The summed E-state index contributed by atoms with van der Waals surface area (Å²) < 4.78 is 1.45. The van der Waals surface area contributed by atoms with Gasteiger partial charge in [-0.05, 0) is 24.9 Å². The number of anilines is 1. The third-order valence-electron chi connectivity index (χ3n) is 2.29. The molecule has 0 radical (unpaired) electrons. The van der Waals surface area contributed by atoms with Crippen LogP contribution in [0.2, 0.25) is 0 Å². The van der Waals surface area contributed by atoms with Gasteiger partial charge in [0.25, 0.3) is 0 Å². The molecule has 96 valence electrons. The predicted molar refractivity (Wildman–Crippen MR) is 70.6 cm³/mol. The second-order valence-corrected chi connectivity index (χ2v) is 5.22. The fourth-order valence-electron chi connectivity index (χ4n) is 1.42. The molecule has 0 saturated heterocycles. The second-order valence-electron chi connectivity index (χ2n) is 3.82. The molecule has 6 nitrogen and oxygen atoms in total. The van der Waals surface area contributed by atoms with E-state index in [-0.39, 0.29) is 11.7 Å². The van der Waals surface area contributed by atoms with Crippen molar-refractivity contribution in [3.63, 3.8) is 0 Å². The topological polar surface area (TPSA) is 73.0 Å². The average Bonchev–Trinajstić information content (AvgIpc) is 2.60. The molecule has 7 heteroatoms. The maximum Gasteiger partial charge on any atom is 0.330 e. The van der Waals surface area contributed by atoms with Crippen molar-refractivity contribution in [1.29, 1.82) is 0 Å². The third-order valence-corrected chi connectivity index (χ3v) is 3.22. The molecule has 0 aliphatic heterocycles. The van der Waals surface area contributed by atoms with Gasteiger partial charge in [0.15, 0.2) is 0 Å². The molecule has 0 aliphatic rings. The lowest BCUT2D eigenvalue weighted by Crippen LogP contribution is -2.17. The van der Waals surface area contributed by atoms with E-state index in [1.807, 2.05) is 18.7 Å². The lowest BCUT2D eigenvalue weighted by atomic mass is 10.2. The number of rotatable bonds is 7. The van der Waals surface area contributed by atoms with E-state index in [1.165, 1.54) is 10.9 Å². The Morgan fingerprint density at radius 2 is 2.41 bits per heavy atom. The molecular formula is C10H18N4O2S. The summed E-state index contributed by atoms with van der Waals surface area (Å²) in [4.78, 5) is 10.4. The summed E-state index contributed by atoms with van der Waals surface area (Å²) in [5.74, 6) is 2.49. The van der Waals surface area contributed by atoms with Crippen LogP contribution in [0.4, 0.5) is 11.5 Å². The summed E-state index contributed by atoms with van der Waals surface area (Å²) in [7, 11) is 1.68. The molecule has 1 heterocycles. The van der Waals surface area contributed by atoms with Crippen LogP contribution in [0.15, 0.2) is 6.20 Å². The highest BCUT2D eigenvalue weighted by Gasteiger charge is 2.19. The Hall–Kier alpha value is -1.24. The summed E-state index contributed by atoms with van der Waals surface area (Å²) in [6.45, 7) is 4.13. The van der Waals surface area contributed by atoms with Crippen molar-refractivity contribution in [1.82, 2.24) is 9.78 Å². The maximum absolute atomic E-state index is 10.8. The standard InChI is InChI=1S/C10H18N4O2S/c1-4-17-6-5-8(2)11-10-9(14(15)16)7-13(3)12-10/h7-8H,4-6H2,1-3H3,(H,11,12). The smallest absolute Gasteiger partial charge is 0.330 e. The molecule has 0 aromatic carbocycles. The quantitative estimate of drug-likeness (QED) is 0.461. The molecular weight excluding hydrogens is 240 g/mol. The first-order valence-electron chi connectivity index (χ1n) is 5.57. The minimum atomic E-state index is -0.414. The Morgan fingerprint density at radius 3 is 3.00 bits per heavy atom. The van der Waals surface area contributed by atoms with Crippen molar-refractivity contribution in [2.75, 3.05) is 16.8 Å². The van der Waals surface area contributed by atoms with Gasteiger partial charge in [0.1, 0.15) is 6.20 Å². The van der Waals surface area contributed by atoms with Gasteiger partial charge in [-0.25, -0.2) is 0 Å². The van der Waals surface area contributed by atoms with Crippen molar-refractivity contribution in [3.05, 3.63) is 16.3 Å². The number of hydrogen-bond acceptors (Lipinski definition) is 5. The van der Waals surface area contributed by atoms with Crippen LogP contribution in [0.1, 0.15) is 20.3 Å². The van der Waals surface area contributed by atoms with Gasteiger partial charge in [-0.2, -0.15) is 11.8 Å². The first kappa shape index (κ1) is 13.8. The van der Waals surface area contributed by atoms with Crippen molar-refractivity contribution in [3.8, 4) is 0 Å². The highest BCUT2D eigenvalue weighted by molar-refractivity contribution is 7.99. The summed E-state index contributed by atoms with van der Waals surface area (Å²) >= 11 is 1.86. The van der Waals surface area contributed by atoms with Gasteiger partial charge in [-0.3, -0.25) is 14.8 Å².